The molecule has 0 bridgehead atoms. The molecule has 2 aromatic rings. The van der Waals surface area contributed by atoms with Crippen LogP contribution in [0.5, 0.6) is 0 Å². The Balaban J connectivity index is 2.22. The highest BCUT2D eigenvalue weighted by molar-refractivity contribution is 5.93. The summed E-state index contributed by atoms with van der Waals surface area (Å²) >= 11 is 0. The van der Waals surface area contributed by atoms with Crippen LogP contribution in [0.2, 0.25) is 0 Å². The van der Waals surface area contributed by atoms with Gasteiger partial charge in [-0.05, 0) is 18.2 Å². The van der Waals surface area contributed by atoms with E-state index in [0.717, 1.165) is 5.69 Å². The molecule has 6 heteroatoms. The third-order valence-electron chi connectivity index (χ3n) is 2.36. The smallest absolute Gasteiger partial charge is 0.343 e. The van der Waals surface area contributed by atoms with Crippen LogP contribution in [0.1, 0.15) is 16.1 Å². The second-order valence-electron chi connectivity index (χ2n) is 3.58. The van der Waals surface area contributed by atoms with Gasteiger partial charge in [0.25, 0.3) is 5.56 Å². The fraction of sp³-hybridized carbons (Fsp3) is 0.0833. The number of aromatic nitrogens is 2. The number of carboxylic acids is 1. The van der Waals surface area contributed by atoms with Gasteiger partial charge in [0.05, 0.1) is 17.9 Å². The maximum absolute atomic E-state index is 11.4. The topological polar surface area (TPSA) is 95.1 Å². The van der Waals surface area contributed by atoms with E-state index in [2.05, 4.69) is 15.3 Å². The summed E-state index contributed by atoms with van der Waals surface area (Å²) in [5.41, 5.74) is 0.105. The lowest BCUT2D eigenvalue weighted by molar-refractivity contribution is 0.0696. The number of H-pyrrole nitrogens is 1. The third kappa shape index (κ3) is 2.54. The molecule has 0 radical (unpaired) electrons. The van der Waals surface area contributed by atoms with Gasteiger partial charge in [0.2, 0.25) is 0 Å². The Kier molecular flexibility index (Phi) is 3.38. The van der Waals surface area contributed by atoms with Crippen molar-refractivity contribution in [3.05, 3.63) is 58.3 Å². The van der Waals surface area contributed by atoms with Crippen LogP contribution in [0.25, 0.3) is 0 Å². The molecule has 0 atom stereocenters. The first kappa shape index (κ1) is 11.8. The molecule has 0 aromatic carbocycles. The fourth-order valence-electron chi connectivity index (χ4n) is 1.53. The van der Waals surface area contributed by atoms with E-state index in [1.165, 1.54) is 12.3 Å². The number of hydrogen-bond acceptors (Lipinski definition) is 4. The van der Waals surface area contributed by atoms with E-state index in [-0.39, 0.29) is 11.3 Å². The van der Waals surface area contributed by atoms with E-state index < -0.39 is 11.5 Å². The fourth-order valence-corrected chi connectivity index (χ4v) is 1.53. The van der Waals surface area contributed by atoms with Gasteiger partial charge < -0.3 is 15.4 Å². The Morgan fingerprint density at radius 2 is 2.22 bits per heavy atom. The minimum absolute atomic E-state index is 0.275. The number of anilines is 1. The number of aromatic carboxylic acids is 1. The SMILES string of the molecule is O=C(O)c1c(NCc2ccccn2)cc[nH]c1=O. The largest absolute Gasteiger partial charge is 0.477 e. The average molecular weight is 245 g/mol. The molecule has 0 aliphatic heterocycles. The molecule has 6 nitrogen and oxygen atoms in total. The molecular formula is C12H11N3O3. The number of nitrogens with one attached hydrogen (secondary N) is 2. The molecule has 2 rings (SSSR count). The lowest BCUT2D eigenvalue weighted by atomic mass is 10.2. The summed E-state index contributed by atoms with van der Waals surface area (Å²) in [5, 5.41) is 11.9. The normalized spacial score (nSPS) is 10.0. The molecule has 0 amide bonds. The van der Waals surface area contributed by atoms with Crippen LogP contribution in [-0.2, 0) is 6.54 Å². The van der Waals surface area contributed by atoms with Crippen LogP contribution in [0.3, 0.4) is 0 Å². The van der Waals surface area contributed by atoms with E-state index in [9.17, 15) is 9.59 Å². The highest BCUT2D eigenvalue weighted by Crippen LogP contribution is 2.11. The highest BCUT2D eigenvalue weighted by atomic mass is 16.4. The zero-order chi connectivity index (χ0) is 13.0. The van der Waals surface area contributed by atoms with Crippen molar-refractivity contribution in [2.75, 3.05) is 5.32 Å². The summed E-state index contributed by atoms with van der Waals surface area (Å²) in [6, 6.07) is 6.94. The van der Waals surface area contributed by atoms with Gasteiger partial charge >= 0.3 is 5.97 Å². The van der Waals surface area contributed by atoms with Gasteiger partial charge in [-0.2, -0.15) is 0 Å². The van der Waals surface area contributed by atoms with Crippen molar-refractivity contribution in [1.29, 1.82) is 0 Å². The third-order valence-corrected chi connectivity index (χ3v) is 2.36. The van der Waals surface area contributed by atoms with Crippen LogP contribution < -0.4 is 10.9 Å². The predicted octanol–water partition coefficient (Wildman–Crippen LogP) is 1.08. The van der Waals surface area contributed by atoms with Crippen molar-refractivity contribution in [3.8, 4) is 0 Å². The number of carboxylic acid groups (broad SMARTS) is 1. The van der Waals surface area contributed by atoms with Gasteiger partial charge in [0.15, 0.2) is 0 Å². The molecule has 18 heavy (non-hydrogen) atoms. The number of pyridine rings is 2. The van der Waals surface area contributed by atoms with Gasteiger partial charge in [-0.1, -0.05) is 6.07 Å². The number of nitrogens with zero attached hydrogens (tertiary/aromatic N) is 1. The molecule has 0 fully saturated rings. The first-order valence-corrected chi connectivity index (χ1v) is 5.27. The van der Waals surface area contributed by atoms with Crippen LogP contribution in [0.15, 0.2) is 41.5 Å². The monoisotopic (exact) mass is 245 g/mol. The first-order valence-electron chi connectivity index (χ1n) is 5.27. The van der Waals surface area contributed by atoms with Crippen LogP contribution in [-0.4, -0.2) is 21.0 Å². The zero-order valence-electron chi connectivity index (χ0n) is 9.38. The Labute approximate surface area is 102 Å². The van der Waals surface area contributed by atoms with Crippen molar-refractivity contribution in [2.45, 2.75) is 6.54 Å². The Morgan fingerprint density at radius 1 is 1.39 bits per heavy atom. The molecule has 92 valence electrons. The molecule has 0 unspecified atom stereocenters. The molecule has 0 spiro atoms. The van der Waals surface area contributed by atoms with Crippen LogP contribution in [0, 0.1) is 0 Å². The number of hydrogen-bond donors (Lipinski definition) is 3. The van der Waals surface area contributed by atoms with Crippen molar-refractivity contribution in [1.82, 2.24) is 9.97 Å². The Hall–Kier alpha value is -2.63. The molecule has 0 aliphatic rings. The van der Waals surface area contributed by atoms with E-state index in [4.69, 9.17) is 5.11 Å². The molecule has 0 saturated carbocycles. The molecule has 2 aromatic heterocycles. The van der Waals surface area contributed by atoms with E-state index in [1.807, 2.05) is 6.07 Å². The quantitative estimate of drug-likeness (QED) is 0.749. The van der Waals surface area contributed by atoms with Gasteiger partial charge in [-0.15, -0.1) is 0 Å². The van der Waals surface area contributed by atoms with Crippen molar-refractivity contribution in [2.24, 2.45) is 0 Å². The number of rotatable bonds is 4. The van der Waals surface area contributed by atoms with E-state index in [0.29, 0.717) is 6.54 Å². The van der Waals surface area contributed by atoms with Crippen molar-refractivity contribution < 1.29 is 9.90 Å². The van der Waals surface area contributed by atoms with Crippen molar-refractivity contribution >= 4 is 11.7 Å². The molecule has 3 N–H and O–H groups in total. The van der Waals surface area contributed by atoms with Crippen LogP contribution in [0.4, 0.5) is 5.69 Å². The summed E-state index contributed by atoms with van der Waals surface area (Å²) in [5.74, 6) is -1.26. The highest BCUT2D eigenvalue weighted by Gasteiger charge is 2.14. The lowest BCUT2D eigenvalue weighted by Crippen LogP contribution is -2.20. The predicted molar refractivity (Wildman–Crippen MR) is 65.6 cm³/mol. The van der Waals surface area contributed by atoms with Crippen LogP contribution >= 0.6 is 0 Å². The summed E-state index contributed by atoms with van der Waals surface area (Å²) in [6.07, 6.45) is 3.04. The summed E-state index contributed by atoms with van der Waals surface area (Å²) in [7, 11) is 0. The Bertz CT molecular complexity index is 607. The Morgan fingerprint density at radius 3 is 2.89 bits per heavy atom. The zero-order valence-corrected chi connectivity index (χ0v) is 9.38. The second kappa shape index (κ2) is 5.13. The summed E-state index contributed by atoms with van der Waals surface area (Å²) in [4.78, 5) is 28.8. The molecule has 2 heterocycles. The van der Waals surface area contributed by atoms with E-state index >= 15 is 0 Å². The maximum atomic E-state index is 11.4. The second-order valence-corrected chi connectivity index (χ2v) is 3.58. The first-order chi connectivity index (χ1) is 8.68. The van der Waals surface area contributed by atoms with Gasteiger partial charge in [-0.3, -0.25) is 9.78 Å². The number of aromatic amines is 1. The molecule has 0 aliphatic carbocycles. The minimum Gasteiger partial charge on any atom is -0.477 e. The maximum Gasteiger partial charge on any atom is 0.343 e. The molecule has 0 saturated heterocycles. The standard InChI is InChI=1S/C12H11N3O3/c16-11-10(12(17)18)9(4-6-14-11)15-7-8-3-1-2-5-13-8/h1-6H,7H2,(H,17,18)(H2,14,15,16). The summed E-state index contributed by atoms with van der Waals surface area (Å²) < 4.78 is 0. The van der Waals surface area contributed by atoms with Gasteiger partial charge in [0.1, 0.15) is 5.56 Å². The average Bonchev–Trinajstić information content (AvgIpc) is 2.37. The van der Waals surface area contributed by atoms with E-state index in [1.54, 1.807) is 18.3 Å². The lowest BCUT2D eigenvalue weighted by Gasteiger charge is -2.07. The minimum atomic E-state index is -1.26. The summed E-state index contributed by atoms with van der Waals surface area (Å²) in [6.45, 7) is 0.352. The van der Waals surface area contributed by atoms with Crippen molar-refractivity contribution in [3.63, 3.8) is 0 Å². The van der Waals surface area contributed by atoms with Gasteiger partial charge in [0, 0.05) is 12.4 Å². The molecular weight excluding hydrogens is 234 g/mol. The number of carbonyl (C=O) groups is 1. The van der Waals surface area contributed by atoms with Gasteiger partial charge in [-0.25, -0.2) is 4.79 Å².